The molecule has 1 heterocycles. The smallest absolute Gasteiger partial charge is 0.407 e. The van der Waals surface area contributed by atoms with Crippen molar-refractivity contribution in [3.63, 3.8) is 0 Å². The first-order chi connectivity index (χ1) is 10.7. The van der Waals surface area contributed by atoms with Gasteiger partial charge in [-0.25, -0.2) is 13.6 Å². The molecule has 0 saturated carbocycles. The number of hydrogen-bond acceptors (Lipinski definition) is 1. The highest BCUT2D eigenvalue weighted by Gasteiger charge is 2.21. The molecule has 23 heavy (non-hydrogen) atoms. The summed E-state index contributed by atoms with van der Waals surface area (Å²) in [6, 6.07) is 4.86. The molecule has 4 nitrogen and oxygen atoms in total. The fraction of sp³-hybridized carbons (Fsp3) is 0.353. The van der Waals surface area contributed by atoms with E-state index in [0.29, 0.717) is 17.8 Å². The lowest BCUT2D eigenvalue weighted by Gasteiger charge is -2.27. The SMILES string of the molecule is CC(C)(C)CN(Cc1c[nH]c(-c2cc(F)ccc2F)c1)C(=O)O. The maximum atomic E-state index is 13.8. The second-order valence-corrected chi connectivity index (χ2v) is 6.75. The van der Waals surface area contributed by atoms with Crippen molar-refractivity contribution in [2.24, 2.45) is 5.41 Å². The molecule has 2 aromatic rings. The lowest BCUT2D eigenvalue weighted by atomic mass is 9.96. The predicted octanol–water partition coefficient (Wildman–Crippen LogP) is 4.49. The maximum absolute atomic E-state index is 13.8. The van der Waals surface area contributed by atoms with Crippen LogP contribution < -0.4 is 0 Å². The second-order valence-electron chi connectivity index (χ2n) is 6.75. The molecule has 0 atom stereocenters. The Morgan fingerprint density at radius 3 is 2.57 bits per heavy atom. The van der Waals surface area contributed by atoms with Crippen molar-refractivity contribution < 1.29 is 18.7 Å². The third kappa shape index (κ3) is 4.55. The minimum Gasteiger partial charge on any atom is -0.465 e. The van der Waals surface area contributed by atoms with E-state index in [4.69, 9.17) is 0 Å². The van der Waals surface area contributed by atoms with Gasteiger partial charge in [0.2, 0.25) is 0 Å². The summed E-state index contributed by atoms with van der Waals surface area (Å²) >= 11 is 0. The van der Waals surface area contributed by atoms with Gasteiger partial charge in [-0.3, -0.25) is 0 Å². The highest BCUT2D eigenvalue weighted by molar-refractivity contribution is 5.65. The van der Waals surface area contributed by atoms with E-state index in [1.54, 1.807) is 12.3 Å². The molecule has 1 amide bonds. The highest BCUT2D eigenvalue weighted by atomic mass is 19.1. The minimum atomic E-state index is -1.01. The van der Waals surface area contributed by atoms with Crippen LogP contribution in [0.3, 0.4) is 0 Å². The molecule has 1 aromatic heterocycles. The molecule has 0 aliphatic carbocycles. The molecule has 0 bridgehead atoms. The molecule has 0 saturated heterocycles. The van der Waals surface area contributed by atoms with Gasteiger partial charge in [0.1, 0.15) is 11.6 Å². The summed E-state index contributed by atoms with van der Waals surface area (Å²) in [6.07, 6.45) is 0.595. The Hall–Kier alpha value is -2.37. The van der Waals surface area contributed by atoms with E-state index in [2.05, 4.69) is 4.98 Å². The van der Waals surface area contributed by atoms with Gasteiger partial charge in [-0.15, -0.1) is 0 Å². The van der Waals surface area contributed by atoms with E-state index >= 15 is 0 Å². The Morgan fingerprint density at radius 1 is 1.26 bits per heavy atom. The molecular formula is C17H20F2N2O2. The van der Waals surface area contributed by atoms with Crippen LogP contribution in [0.15, 0.2) is 30.5 Å². The largest absolute Gasteiger partial charge is 0.465 e. The number of hydrogen-bond donors (Lipinski definition) is 2. The molecule has 1 aromatic carbocycles. The van der Waals surface area contributed by atoms with Crippen molar-refractivity contribution >= 4 is 6.09 Å². The first kappa shape index (κ1) is 17.0. The van der Waals surface area contributed by atoms with Gasteiger partial charge >= 0.3 is 6.09 Å². The number of rotatable bonds is 4. The first-order valence-electron chi connectivity index (χ1n) is 7.26. The predicted molar refractivity (Wildman–Crippen MR) is 84.0 cm³/mol. The summed E-state index contributed by atoms with van der Waals surface area (Å²) < 4.78 is 27.1. The zero-order valence-electron chi connectivity index (χ0n) is 13.4. The molecular weight excluding hydrogens is 302 g/mol. The summed E-state index contributed by atoms with van der Waals surface area (Å²) in [4.78, 5) is 15.5. The number of carboxylic acid groups (broad SMARTS) is 1. The third-order valence-electron chi connectivity index (χ3n) is 3.27. The van der Waals surface area contributed by atoms with Gasteiger partial charge in [-0.05, 0) is 35.2 Å². The molecule has 2 rings (SSSR count). The average Bonchev–Trinajstić information content (AvgIpc) is 2.87. The van der Waals surface area contributed by atoms with Gasteiger partial charge in [0.25, 0.3) is 0 Å². The van der Waals surface area contributed by atoms with Crippen molar-refractivity contribution in [2.45, 2.75) is 27.3 Å². The van der Waals surface area contributed by atoms with Crippen LogP contribution in [-0.4, -0.2) is 27.6 Å². The maximum Gasteiger partial charge on any atom is 0.407 e. The van der Waals surface area contributed by atoms with Gasteiger partial charge in [-0.2, -0.15) is 0 Å². The summed E-state index contributed by atoms with van der Waals surface area (Å²) in [5, 5.41) is 9.31. The van der Waals surface area contributed by atoms with E-state index < -0.39 is 17.7 Å². The Kier molecular flexibility index (Phi) is 4.73. The van der Waals surface area contributed by atoms with E-state index in [1.807, 2.05) is 20.8 Å². The lowest BCUT2D eigenvalue weighted by Crippen LogP contribution is -2.36. The molecule has 0 unspecified atom stereocenters. The summed E-state index contributed by atoms with van der Waals surface area (Å²) in [5.74, 6) is -1.07. The molecule has 0 spiro atoms. The molecule has 2 N–H and O–H groups in total. The fourth-order valence-electron chi connectivity index (χ4n) is 2.37. The van der Waals surface area contributed by atoms with Crippen LogP contribution in [0, 0.1) is 17.0 Å². The summed E-state index contributed by atoms with van der Waals surface area (Å²) in [6.45, 7) is 6.41. The standard InChI is InChI=1S/C17H20F2N2O2/c1-17(2,3)10-21(16(22)23)9-11-6-15(20-8-11)13-7-12(18)4-5-14(13)19/h4-8,20H,9-10H2,1-3H3,(H,22,23). The number of nitrogens with zero attached hydrogens (tertiary/aromatic N) is 1. The topological polar surface area (TPSA) is 56.3 Å². The van der Waals surface area contributed by atoms with Crippen LogP contribution in [0.1, 0.15) is 26.3 Å². The third-order valence-corrected chi connectivity index (χ3v) is 3.27. The fourth-order valence-corrected chi connectivity index (χ4v) is 2.37. The molecule has 0 aliphatic rings. The van der Waals surface area contributed by atoms with Crippen LogP contribution in [0.2, 0.25) is 0 Å². The monoisotopic (exact) mass is 322 g/mol. The lowest BCUT2D eigenvalue weighted by molar-refractivity contribution is 0.123. The first-order valence-corrected chi connectivity index (χ1v) is 7.26. The molecule has 0 fully saturated rings. The Labute approximate surface area is 133 Å². The number of H-pyrrole nitrogens is 1. The molecule has 124 valence electrons. The normalized spacial score (nSPS) is 11.5. The van der Waals surface area contributed by atoms with Crippen molar-refractivity contribution in [3.8, 4) is 11.3 Å². The number of carbonyl (C=O) groups is 1. The Morgan fingerprint density at radius 2 is 1.96 bits per heavy atom. The zero-order chi connectivity index (χ0) is 17.2. The van der Waals surface area contributed by atoms with Gasteiger partial charge in [0.15, 0.2) is 0 Å². The number of benzene rings is 1. The van der Waals surface area contributed by atoms with Crippen LogP contribution in [0.25, 0.3) is 11.3 Å². The van der Waals surface area contributed by atoms with E-state index in [1.165, 1.54) is 4.90 Å². The quantitative estimate of drug-likeness (QED) is 0.871. The molecule has 6 heteroatoms. The summed E-state index contributed by atoms with van der Waals surface area (Å²) in [7, 11) is 0. The van der Waals surface area contributed by atoms with Gasteiger partial charge in [-0.1, -0.05) is 20.8 Å². The Bertz CT molecular complexity index is 705. The van der Waals surface area contributed by atoms with E-state index in [-0.39, 0.29) is 17.5 Å². The van der Waals surface area contributed by atoms with Crippen LogP contribution in [-0.2, 0) is 6.54 Å². The van der Waals surface area contributed by atoms with Gasteiger partial charge < -0.3 is 15.0 Å². The van der Waals surface area contributed by atoms with E-state index in [9.17, 15) is 18.7 Å². The molecule has 0 aliphatic heterocycles. The van der Waals surface area contributed by atoms with Crippen molar-refractivity contribution in [2.75, 3.05) is 6.54 Å². The van der Waals surface area contributed by atoms with Crippen molar-refractivity contribution in [1.82, 2.24) is 9.88 Å². The number of aromatic nitrogens is 1. The minimum absolute atomic E-state index is 0.119. The highest BCUT2D eigenvalue weighted by Crippen LogP contribution is 2.24. The Balaban J connectivity index is 2.21. The molecule has 0 radical (unpaired) electrons. The number of amides is 1. The summed E-state index contributed by atoms with van der Waals surface area (Å²) in [5.41, 5.74) is 1.05. The van der Waals surface area contributed by atoms with Gasteiger partial charge in [0.05, 0.1) is 6.54 Å². The van der Waals surface area contributed by atoms with Crippen LogP contribution in [0.5, 0.6) is 0 Å². The van der Waals surface area contributed by atoms with Crippen LogP contribution >= 0.6 is 0 Å². The number of nitrogens with one attached hydrogen (secondary N) is 1. The average molecular weight is 322 g/mol. The zero-order valence-corrected chi connectivity index (χ0v) is 13.4. The second kappa shape index (κ2) is 6.40. The van der Waals surface area contributed by atoms with E-state index in [0.717, 1.165) is 18.2 Å². The number of aromatic amines is 1. The van der Waals surface area contributed by atoms with Crippen molar-refractivity contribution in [3.05, 3.63) is 47.7 Å². The van der Waals surface area contributed by atoms with Crippen LogP contribution in [0.4, 0.5) is 13.6 Å². The van der Waals surface area contributed by atoms with Gasteiger partial charge in [0, 0.05) is 24.0 Å². The number of halogens is 2. The van der Waals surface area contributed by atoms with Crippen molar-refractivity contribution in [1.29, 1.82) is 0 Å².